The Bertz CT molecular complexity index is 820. The molecule has 0 saturated carbocycles. The Labute approximate surface area is 164 Å². The fourth-order valence-electron chi connectivity index (χ4n) is 2.73. The number of benzene rings is 2. The van der Waals surface area contributed by atoms with Crippen molar-refractivity contribution in [1.29, 1.82) is 0 Å². The normalized spacial score (nSPS) is 12.8. The van der Waals surface area contributed by atoms with Gasteiger partial charge in [-0.3, -0.25) is 9.59 Å². The van der Waals surface area contributed by atoms with Crippen molar-refractivity contribution in [3.8, 4) is 0 Å². The molecule has 0 amide bonds. The molecular weight excluding hydrogens is 356 g/mol. The summed E-state index contributed by atoms with van der Waals surface area (Å²) in [5, 5.41) is 0. The summed E-state index contributed by atoms with van der Waals surface area (Å²) in [5.41, 5.74) is 12.8. The highest BCUT2D eigenvalue weighted by Crippen LogP contribution is 2.20. The third-order valence-electron chi connectivity index (χ3n) is 4.51. The van der Waals surface area contributed by atoms with Crippen molar-refractivity contribution in [2.75, 3.05) is 6.54 Å². The van der Waals surface area contributed by atoms with Crippen molar-refractivity contribution < 1.29 is 19.1 Å². The smallest absolute Gasteiger partial charge is 0.330 e. The van der Waals surface area contributed by atoms with E-state index < -0.39 is 23.9 Å². The molecule has 0 heterocycles. The van der Waals surface area contributed by atoms with Crippen LogP contribution in [0, 0.1) is 0 Å². The number of esters is 2. The average Bonchev–Trinajstić information content (AvgIpc) is 2.73. The lowest BCUT2D eigenvalue weighted by molar-refractivity contribution is -0.161. The van der Waals surface area contributed by atoms with Gasteiger partial charge in [-0.2, -0.15) is 0 Å². The largest absolute Gasteiger partial charge is 0.392 e. The third kappa shape index (κ3) is 5.84. The van der Waals surface area contributed by atoms with Gasteiger partial charge in [0.15, 0.2) is 5.78 Å². The van der Waals surface area contributed by atoms with E-state index in [4.69, 9.17) is 16.2 Å². The number of rotatable bonds is 9. The SMILES string of the molecule is CC(C(=O)OC(=O)[C@@H](N)CCCCN)c1cccc(C(=O)c2ccccc2)c1. The number of hydrogen-bond donors (Lipinski definition) is 2. The van der Waals surface area contributed by atoms with E-state index in [1.807, 2.05) is 6.07 Å². The van der Waals surface area contributed by atoms with Gasteiger partial charge in [0.1, 0.15) is 6.04 Å². The van der Waals surface area contributed by atoms with E-state index >= 15 is 0 Å². The summed E-state index contributed by atoms with van der Waals surface area (Å²) in [4.78, 5) is 36.9. The first-order valence-electron chi connectivity index (χ1n) is 9.35. The van der Waals surface area contributed by atoms with Crippen LogP contribution in [-0.4, -0.2) is 30.3 Å². The lowest BCUT2D eigenvalue weighted by Gasteiger charge is -2.14. The van der Waals surface area contributed by atoms with E-state index in [2.05, 4.69) is 0 Å². The molecule has 2 aromatic rings. The molecule has 4 N–H and O–H groups in total. The van der Waals surface area contributed by atoms with Crippen molar-refractivity contribution in [2.45, 2.75) is 38.1 Å². The molecule has 0 radical (unpaired) electrons. The zero-order chi connectivity index (χ0) is 20.5. The summed E-state index contributed by atoms with van der Waals surface area (Å²) in [6.45, 7) is 2.15. The molecule has 28 heavy (non-hydrogen) atoms. The van der Waals surface area contributed by atoms with Crippen LogP contribution >= 0.6 is 0 Å². The number of ether oxygens (including phenoxy) is 1. The molecule has 2 rings (SSSR count). The van der Waals surface area contributed by atoms with Crippen molar-refractivity contribution in [3.63, 3.8) is 0 Å². The number of hydrogen-bond acceptors (Lipinski definition) is 6. The van der Waals surface area contributed by atoms with Crippen LogP contribution in [0.4, 0.5) is 0 Å². The maximum Gasteiger partial charge on any atom is 0.330 e. The van der Waals surface area contributed by atoms with E-state index in [-0.39, 0.29) is 5.78 Å². The van der Waals surface area contributed by atoms with Crippen LogP contribution in [0.3, 0.4) is 0 Å². The van der Waals surface area contributed by atoms with Gasteiger partial charge in [0.2, 0.25) is 0 Å². The molecule has 0 saturated heterocycles. The minimum atomic E-state index is -0.853. The Morgan fingerprint density at radius 2 is 1.61 bits per heavy atom. The first-order chi connectivity index (χ1) is 13.4. The summed E-state index contributed by atoms with van der Waals surface area (Å²) in [7, 11) is 0. The fraction of sp³-hybridized carbons (Fsp3) is 0.318. The van der Waals surface area contributed by atoms with Gasteiger partial charge < -0.3 is 16.2 Å². The van der Waals surface area contributed by atoms with Crippen LogP contribution in [0.5, 0.6) is 0 Å². The maximum absolute atomic E-state index is 12.6. The van der Waals surface area contributed by atoms with Gasteiger partial charge in [0.25, 0.3) is 0 Å². The van der Waals surface area contributed by atoms with Crippen LogP contribution in [0.2, 0.25) is 0 Å². The Kier molecular flexibility index (Phi) is 8.04. The highest BCUT2D eigenvalue weighted by atomic mass is 16.6. The molecule has 0 aliphatic carbocycles. The summed E-state index contributed by atoms with van der Waals surface area (Å²) in [5.74, 6) is -2.28. The second-order valence-corrected chi connectivity index (χ2v) is 6.67. The van der Waals surface area contributed by atoms with E-state index in [0.29, 0.717) is 36.1 Å². The Morgan fingerprint density at radius 1 is 0.929 bits per heavy atom. The summed E-state index contributed by atoms with van der Waals surface area (Å²) in [6, 6.07) is 14.8. The van der Waals surface area contributed by atoms with Gasteiger partial charge in [-0.1, -0.05) is 55.0 Å². The second-order valence-electron chi connectivity index (χ2n) is 6.67. The van der Waals surface area contributed by atoms with Gasteiger partial charge in [-0.15, -0.1) is 0 Å². The van der Waals surface area contributed by atoms with Crippen molar-refractivity contribution >= 4 is 17.7 Å². The number of carbonyl (C=O) groups excluding carboxylic acids is 3. The number of nitrogens with two attached hydrogens (primary N) is 2. The molecule has 0 aliphatic rings. The first-order valence-corrected chi connectivity index (χ1v) is 9.35. The first kappa shape index (κ1) is 21.5. The van der Waals surface area contributed by atoms with Crippen molar-refractivity contribution in [3.05, 3.63) is 71.3 Å². The lowest BCUT2D eigenvalue weighted by atomic mass is 9.96. The topological polar surface area (TPSA) is 112 Å². The summed E-state index contributed by atoms with van der Waals surface area (Å²) < 4.78 is 4.93. The van der Waals surface area contributed by atoms with Crippen LogP contribution in [-0.2, 0) is 14.3 Å². The molecule has 148 valence electrons. The molecule has 0 spiro atoms. The quantitative estimate of drug-likeness (QED) is 0.298. The van der Waals surface area contributed by atoms with Crippen molar-refractivity contribution in [1.82, 2.24) is 0 Å². The highest BCUT2D eigenvalue weighted by molar-refractivity contribution is 6.09. The molecule has 2 aromatic carbocycles. The number of ketones is 1. The number of unbranched alkanes of at least 4 members (excludes halogenated alkanes) is 1. The standard InChI is InChI=1S/C22H26N2O4/c1-15(21(26)28-22(27)19(24)12-5-6-13-23)17-10-7-11-18(14-17)20(25)16-8-3-2-4-9-16/h2-4,7-11,14-15,19H,5-6,12-13,23-24H2,1H3/t15?,19-/m0/s1. The Morgan fingerprint density at radius 3 is 2.29 bits per heavy atom. The molecular formula is C22H26N2O4. The molecule has 0 fully saturated rings. The van der Waals surface area contributed by atoms with Crippen LogP contribution in [0.25, 0.3) is 0 Å². The molecule has 2 atom stereocenters. The molecule has 0 aliphatic heterocycles. The average molecular weight is 382 g/mol. The Balaban J connectivity index is 2.03. The molecule has 6 heteroatoms. The zero-order valence-corrected chi connectivity index (χ0v) is 16.0. The van der Waals surface area contributed by atoms with Gasteiger partial charge in [0, 0.05) is 11.1 Å². The monoisotopic (exact) mass is 382 g/mol. The molecule has 1 unspecified atom stereocenters. The van der Waals surface area contributed by atoms with Gasteiger partial charge >= 0.3 is 11.9 Å². The minimum absolute atomic E-state index is 0.138. The second kappa shape index (κ2) is 10.5. The summed E-state index contributed by atoms with van der Waals surface area (Å²) in [6.07, 6.45) is 1.87. The predicted molar refractivity (Wildman–Crippen MR) is 107 cm³/mol. The highest BCUT2D eigenvalue weighted by Gasteiger charge is 2.24. The molecule has 0 aromatic heterocycles. The van der Waals surface area contributed by atoms with Crippen LogP contribution in [0.15, 0.2) is 54.6 Å². The van der Waals surface area contributed by atoms with Gasteiger partial charge in [-0.05, 0) is 37.9 Å². The maximum atomic E-state index is 12.6. The fourth-order valence-corrected chi connectivity index (χ4v) is 2.73. The van der Waals surface area contributed by atoms with E-state index in [0.717, 1.165) is 6.42 Å². The van der Waals surface area contributed by atoms with E-state index in [1.165, 1.54) is 0 Å². The van der Waals surface area contributed by atoms with Gasteiger partial charge in [0.05, 0.1) is 5.92 Å². The van der Waals surface area contributed by atoms with E-state index in [9.17, 15) is 14.4 Å². The predicted octanol–water partition coefficient (Wildman–Crippen LogP) is 2.55. The molecule has 6 nitrogen and oxygen atoms in total. The van der Waals surface area contributed by atoms with Gasteiger partial charge in [-0.25, -0.2) is 4.79 Å². The number of carbonyl (C=O) groups is 3. The van der Waals surface area contributed by atoms with E-state index in [1.54, 1.807) is 55.5 Å². The summed E-state index contributed by atoms with van der Waals surface area (Å²) >= 11 is 0. The van der Waals surface area contributed by atoms with Crippen molar-refractivity contribution in [2.24, 2.45) is 11.5 Å². The minimum Gasteiger partial charge on any atom is -0.392 e. The zero-order valence-electron chi connectivity index (χ0n) is 16.0. The van der Waals surface area contributed by atoms with Crippen LogP contribution < -0.4 is 11.5 Å². The molecule has 0 bridgehead atoms. The Hall–Kier alpha value is -2.83. The van der Waals surface area contributed by atoms with Crippen LogP contribution in [0.1, 0.15) is 53.6 Å². The lowest BCUT2D eigenvalue weighted by Crippen LogP contribution is -2.34. The third-order valence-corrected chi connectivity index (χ3v) is 4.51.